The van der Waals surface area contributed by atoms with E-state index in [4.69, 9.17) is 11.6 Å². The first-order chi connectivity index (χ1) is 12.6. The van der Waals surface area contributed by atoms with Crippen molar-refractivity contribution in [1.82, 2.24) is 9.88 Å². The van der Waals surface area contributed by atoms with E-state index < -0.39 is 0 Å². The van der Waals surface area contributed by atoms with Gasteiger partial charge in [-0.25, -0.2) is 4.98 Å². The van der Waals surface area contributed by atoms with Crippen molar-refractivity contribution in [2.45, 2.75) is 11.1 Å². The third-order valence-corrected chi connectivity index (χ3v) is 5.21. The first-order valence-electron chi connectivity index (χ1n) is 8.25. The van der Waals surface area contributed by atoms with E-state index in [9.17, 15) is 4.79 Å². The molecule has 0 atom stereocenters. The quantitative estimate of drug-likeness (QED) is 0.557. The lowest BCUT2D eigenvalue weighted by Gasteiger charge is -2.29. The molecule has 26 heavy (non-hydrogen) atoms. The second-order valence-corrected chi connectivity index (χ2v) is 7.26. The minimum absolute atomic E-state index is 0.0458. The van der Waals surface area contributed by atoms with Crippen LogP contribution in [0.5, 0.6) is 0 Å². The Morgan fingerprint density at radius 1 is 1.00 bits per heavy atom. The topological polar surface area (TPSA) is 33.2 Å². The highest BCUT2D eigenvalue weighted by molar-refractivity contribution is 7.99. The Labute approximate surface area is 163 Å². The van der Waals surface area contributed by atoms with E-state index in [0.29, 0.717) is 10.8 Å². The molecular formula is C21H19ClN2OS. The summed E-state index contributed by atoms with van der Waals surface area (Å²) < 4.78 is 0. The molecule has 3 rings (SSSR count). The van der Waals surface area contributed by atoms with Crippen LogP contribution in [0.3, 0.4) is 0 Å². The second-order valence-electron chi connectivity index (χ2n) is 5.83. The van der Waals surface area contributed by atoms with Gasteiger partial charge in [-0.15, -0.1) is 0 Å². The summed E-state index contributed by atoms with van der Waals surface area (Å²) in [7, 11) is 1.85. The molecule has 0 saturated heterocycles. The smallest absolute Gasteiger partial charge is 0.233 e. The molecule has 0 aliphatic rings. The van der Waals surface area contributed by atoms with Crippen LogP contribution in [0.2, 0.25) is 5.02 Å². The van der Waals surface area contributed by atoms with Gasteiger partial charge in [0, 0.05) is 13.2 Å². The van der Waals surface area contributed by atoms with Crippen LogP contribution in [-0.2, 0) is 4.79 Å². The SMILES string of the molecule is CN(C(=O)CSc1ccc(Cl)cn1)C(c1ccccc1)c1ccccc1. The molecule has 0 spiro atoms. The van der Waals surface area contributed by atoms with Crippen LogP contribution < -0.4 is 0 Å². The molecule has 3 nitrogen and oxygen atoms in total. The number of benzene rings is 2. The average Bonchev–Trinajstić information content (AvgIpc) is 2.69. The summed E-state index contributed by atoms with van der Waals surface area (Å²) in [6, 6.07) is 23.6. The van der Waals surface area contributed by atoms with Crippen molar-refractivity contribution in [3.63, 3.8) is 0 Å². The highest BCUT2D eigenvalue weighted by atomic mass is 35.5. The molecule has 1 amide bonds. The van der Waals surface area contributed by atoms with Crippen molar-refractivity contribution in [3.05, 3.63) is 95.1 Å². The fourth-order valence-electron chi connectivity index (χ4n) is 2.74. The maximum atomic E-state index is 12.8. The molecule has 0 aliphatic carbocycles. The Hall–Kier alpha value is -2.30. The van der Waals surface area contributed by atoms with E-state index >= 15 is 0 Å². The average molecular weight is 383 g/mol. The molecule has 3 aromatic rings. The molecule has 0 bridgehead atoms. The maximum absolute atomic E-state index is 12.8. The normalized spacial score (nSPS) is 10.7. The molecule has 0 radical (unpaired) electrons. The van der Waals surface area contributed by atoms with Gasteiger partial charge in [0.2, 0.25) is 5.91 Å². The van der Waals surface area contributed by atoms with Crippen LogP contribution in [0.1, 0.15) is 17.2 Å². The molecule has 0 fully saturated rings. The van der Waals surface area contributed by atoms with Crippen LogP contribution in [0.15, 0.2) is 84.0 Å². The van der Waals surface area contributed by atoms with Crippen LogP contribution >= 0.6 is 23.4 Å². The van der Waals surface area contributed by atoms with Gasteiger partial charge in [0.25, 0.3) is 0 Å². The van der Waals surface area contributed by atoms with Crippen molar-refractivity contribution in [2.24, 2.45) is 0 Å². The van der Waals surface area contributed by atoms with Crippen molar-refractivity contribution >= 4 is 29.3 Å². The van der Waals surface area contributed by atoms with Crippen molar-refractivity contribution in [1.29, 1.82) is 0 Å². The number of aromatic nitrogens is 1. The summed E-state index contributed by atoms with van der Waals surface area (Å²) in [5, 5.41) is 1.37. The van der Waals surface area contributed by atoms with E-state index in [-0.39, 0.29) is 11.9 Å². The molecular weight excluding hydrogens is 364 g/mol. The molecule has 0 aliphatic heterocycles. The van der Waals surface area contributed by atoms with Crippen molar-refractivity contribution in [2.75, 3.05) is 12.8 Å². The van der Waals surface area contributed by atoms with Gasteiger partial charge in [-0.05, 0) is 23.3 Å². The van der Waals surface area contributed by atoms with Crippen molar-refractivity contribution < 1.29 is 4.79 Å². The molecule has 132 valence electrons. The number of amides is 1. The highest BCUT2D eigenvalue weighted by Gasteiger charge is 2.23. The Bertz CT molecular complexity index is 801. The lowest BCUT2D eigenvalue weighted by Crippen LogP contribution is -2.33. The van der Waals surface area contributed by atoms with Crippen LogP contribution in [0.25, 0.3) is 0 Å². The number of pyridine rings is 1. The van der Waals surface area contributed by atoms with Crippen LogP contribution in [0, 0.1) is 0 Å². The van der Waals surface area contributed by atoms with E-state index in [0.717, 1.165) is 16.2 Å². The number of halogens is 1. The lowest BCUT2D eigenvalue weighted by molar-refractivity contribution is -0.128. The molecule has 0 saturated carbocycles. The maximum Gasteiger partial charge on any atom is 0.233 e. The number of thioether (sulfide) groups is 1. The predicted octanol–water partition coefficient (Wildman–Crippen LogP) is 5.08. The monoisotopic (exact) mass is 382 g/mol. The number of carbonyl (C=O) groups excluding carboxylic acids is 1. The van der Waals surface area contributed by atoms with Crippen LogP contribution in [-0.4, -0.2) is 28.6 Å². The van der Waals surface area contributed by atoms with Gasteiger partial charge >= 0.3 is 0 Å². The molecule has 1 heterocycles. The van der Waals surface area contributed by atoms with E-state index in [1.807, 2.05) is 49.5 Å². The number of hydrogen-bond donors (Lipinski definition) is 0. The predicted molar refractivity (Wildman–Crippen MR) is 107 cm³/mol. The minimum atomic E-state index is -0.122. The summed E-state index contributed by atoms with van der Waals surface area (Å²) in [5.74, 6) is 0.367. The Morgan fingerprint density at radius 3 is 2.08 bits per heavy atom. The lowest BCUT2D eigenvalue weighted by atomic mass is 9.97. The number of carbonyl (C=O) groups is 1. The molecule has 0 N–H and O–H groups in total. The van der Waals surface area contributed by atoms with Crippen molar-refractivity contribution in [3.8, 4) is 0 Å². The summed E-state index contributed by atoms with van der Waals surface area (Å²) in [5.41, 5.74) is 2.17. The minimum Gasteiger partial charge on any atom is -0.334 e. The molecule has 2 aromatic carbocycles. The van der Waals surface area contributed by atoms with Gasteiger partial charge in [0.1, 0.15) is 0 Å². The first kappa shape index (κ1) is 18.5. The fourth-order valence-corrected chi connectivity index (χ4v) is 3.62. The standard InChI is InChI=1S/C21H19ClN2OS/c1-24(20(25)15-26-19-13-12-18(22)14-23-19)21(16-8-4-2-5-9-16)17-10-6-3-7-11-17/h2-14,21H,15H2,1H3. The van der Waals surface area contributed by atoms with Gasteiger partial charge in [-0.3, -0.25) is 4.79 Å². The third-order valence-electron chi connectivity index (χ3n) is 4.06. The Kier molecular flexibility index (Phi) is 6.31. The van der Waals surface area contributed by atoms with E-state index in [2.05, 4.69) is 29.2 Å². The van der Waals surface area contributed by atoms with E-state index in [1.165, 1.54) is 11.8 Å². The first-order valence-corrected chi connectivity index (χ1v) is 9.61. The summed E-state index contributed by atoms with van der Waals surface area (Å²) in [6.07, 6.45) is 1.59. The number of hydrogen-bond acceptors (Lipinski definition) is 3. The molecule has 1 aromatic heterocycles. The zero-order valence-electron chi connectivity index (χ0n) is 14.4. The van der Waals surface area contributed by atoms with Gasteiger partial charge in [0.15, 0.2) is 0 Å². The summed E-state index contributed by atoms with van der Waals surface area (Å²) in [6.45, 7) is 0. The third kappa shape index (κ3) is 4.65. The highest BCUT2D eigenvalue weighted by Crippen LogP contribution is 2.28. The van der Waals surface area contributed by atoms with Gasteiger partial charge in [0.05, 0.1) is 21.8 Å². The second kappa shape index (κ2) is 8.88. The molecule has 0 unspecified atom stereocenters. The Balaban J connectivity index is 1.77. The summed E-state index contributed by atoms with van der Waals surface area (Å²) >= 11 is 7.27. The number of nitrogens with zero attached hydrogens (tertiary/aromatic N) is 2. The number of rotatable bonds is 6. The zero-order valence-corrected chi connectivity index (χ0v) is 16.0. The van der Waals surface area contributed by atoms with Gasteiger partial charge in [-0.1, -0.05) is 84.0 Å². The largest absolute Gasteiger partial charge is 0.334 e. The van der Waals surface area contributed by atoms with E-state index in [1.54, 1.807) is 17.2 Å². The Morgan fingerprint density at radius 2 is 1.58 bits per heavy atom. The van der Waals surface area contributed by atoms with Gasteiger partial charge < -0.3 is 4.90 Å². The van der Waals surface area contributed by atoms with Crippen LogP contribution in [0.4, 0.5) is 0 Å². The fraction of sp³-hybridized carbons (Fsp3) is 0.143. The molecule has 5 heteroatoms. The van der Waals surface area contributed by atoms with Gasteiger partial charge in [-0.2, -0.15) is 0 Å². The summed E-state index contributed by atoms with van der Waals surface area (Å²) in [4.78, 5) is 18.9. The zero-order chi connectivity index (χ0) is 18.4.